The third-order valence-electron chi connectivity index (χ3n) is 4.90. The van der Waals surface area contributed by atoms with E-state index in [1.807, 2.05) is 0 Å². The number of rotatable bonds is 3. The molecule has 1 aromatic carbocycles. The van der Waals surface area contributed by atoms with Crippen molar-refractivity contribution in [3.63, 3.8) is 0 Å². The van der Waals surface area contributed by atoms with E-state index < -0.39 is 0 Å². The van der Waals surface area contributed by atoms with Crippen molar-refractivity contribution < 1.29 is 0 Å². The second-order valence-electron chi connectivity index (χ2n) is 6.29. The SMILES string of the molecule is NC[C@H]1CC[C@@]2(CCN(Cc3ccccc3)C2)C1. The standard InChI is InChI=1S/C16H24N2/c17-11-15-6-7-16(10-15)8-9-18(13-16)12-14-4-2-1-3-5-14/h1-5,15H,6-13,17H2/t15-,16+/m0/s1. The maximum Gasteiger partial charge on any atom is 0.0233 e. The van der Waals surface area contributed by atoms with Crippen LogP contribution in [0.4, 0.5) is 0 Å². The van der Waals surface area contributed by atoms with E-state index in [0.29, 0.717) is 5.41 Å². The fourth-order valence-corrected chi connectivity index (χ4v) is 3.90. The molecule has 2 aliphatic rings. The lowest BCUT2D eigenvalue weighted by molar-refractivity contribution is 0.249. The van der Waals surface area contributed by atoms with Crippen LogP contribution >= 0.6 is 0 Å². The van der Waals surface area contributed by atoms with Crippen LogP contribution in [0.1, 0.15) is 31.2 Å². The monoisotopic (exact) mass is 244 g/mol. The smallest absolute Gasteiger partial charge is 0.0233 e. The van der Waals surface area contributed by atoms with E-state index in [-0.39, 0.29) is 0 Å². The molecule has 0 aromatic heterocycles. The Bertz CT molecular complexity index is 389. The highest BCUT2D eigenvalue weighted by Crippen LogP contribution is 2.47. The van der Waals surface area contributed by atoms with Gasteiger partial charge in [0.2, 0.25) is 0 Å². The quantitative estimate of drug-likeness (QED) is 0.885. The van der Waals surface area contributed by atoms with Crippen LogP contribution < -0.4 is 5.73 Å². The molecular formula is C16H24N2. The van der Waals surface area contributed by atoms with Crippen molar-refractivity contribution >= 4 is 0 Å². The summed E-state index contributed by atoms with van der Waals surface area (Å²) in [6, 6.07) is 10.9. The normalized spacial score (nSPS) is 32.4. The minimum absolute atomic E-state index is 0.610. The van der Waals surface area contributed by atoms with Gasteiger partial charge in [-0.2, -0.15) is 0 Å². The van der Waals surface area contributed by atoms with E-state index in [1.165, 1.54) is 44.3 Å². The second-order valence-corrected chi connectivity index (χ2v) is 6.29. The Morgan fingerprint density at radius 2 is 2.06 bits per heavy atom. The van der Waals surface area contributed by atoms with Crippen LogP contribution in [-0.2, 0) is 6.54 Å². The topological polar surface area (TPSA) is 29.3 Å². The Morgan fingerprint density at radius 1 is 1.22 bits per heavy atom. The van der Waals surface area contributed by atoms with Crippen molar-refractivity contribution in [2.24, 2.45) is 17.1 Å². The highest BCUT2D eigenvalue weighted by atomic mass is 15.2. The zero-order chi connectivity index (χ0) is 12.4. The van der Waals surface area contributed by atoms with Gasteiger partial charge in [-0.1, -0.05) is 30.3 Å². The van der Waals surface area contributed by atoms with E-state index >= 15 is 0 Å². The molecule has 98 valence electrons. The highest BCUT2D eigenvalue weighted by molar-refractivity contribution is 5.15. The lowest BCUT2D eigenvalue weighted by atomic mass is 9.84. The summed E-state index contributed by atoms with van der Waals surface area (Å²) in [4.78, 5) is 2.63. The van der Waals surface area contributed by atoms with Gasteiger partial charge in [0.05, 0.1) is 0 Å². The molecule has 1 aromatic rings. The molecule has 2 N–H and O–H groups in total. The van der Waals surface area contributed by atoms with E-state index in [0.717, 1.165) is 19.0 Å². The van der Waals surface area contributed by atoms with Gasteiger partial charge in [0, 0.05) is 13.1 Å². The number of hydrogen-bond acceptors (Lipinski definition) is 2. The average molecular weight is 244 g/mol. The number of hydrogen-bond donors (Lipinski definition) is 1. The molecule has 3 rings (SSSR count). The Morgan fingerprint density at radius 3 is 2.78 bits per heavy atom. The summed E-state index contributed by atoms with van der Waals surface area (Å²) >= 11 is 0. The molecular weight excluding hydrogens is 220 g/mol. The summed E-state index contributed by atoms with van der Waals surface area (Å²) in [7, 11) is 0. The first kappa shape index (κ1) is 12.2. The van der Waals surface area contributed by atoms with Crippen molar-refractivity contribution in [2.45, 2.75) is 32.2 Å². The minimum atomic E-state index is 0.610. The molecule has 2 heteroatoms. The van der Waals surface area contributed by atoms with Crippen LogP contribution in [0.2, 0.25) is 0 Å². The Kier molecular flexibility index (Phi) is 3.40. The molecule has 1 aliphatic carbocycles. The summed E-state index contributed by atoms with van der Waals surface area (Å²) in [6.07, 6.45) is 5.51. The number of benzene rings is 1. The van der Waals surface area contributed by atoms with Gasteiger partial charge in [0.15, 0.2) is 0 Å². The van der Waals surface area contributed by atoms with Gasteiger partial charge < -0.3 is 5.73 Å². The fourth-order valence-electron chi connectivity index (χ4n) is 3.90. The van der Waals surface area contributed by atoms with Crippen molar-refractivity contribution in [2.75, 3.05) is 19.6 Å². The van der Waals surface area contributed by atoms with E-state index in [1.54, 1.807) is 0 Å². The number of likely N-dealkylation sites (tertiary alicyclic amines) is 1. The van der Waals surface area contributed by atoms with Crippen LogP contribution in [0, 0.1) is 11.3 Å². The molecule has 0 radical (unpaired) electrons. The van der Waals surface area contributed by atoms with Crippen molar-refractivity contribution in [1.82, 2.24) is 4.90 Å². The van der Waals surface area contributed by atoms with Crippen LogP contribution in [0.3, 0.4) is 0 Å². The van der Waals surface area contributed by atoms with Gasteiger partial charge in [-0.05, 0) is 55.7 Å². The third-order valence-corrected chi connectivity index (χ3v) is 4.90. The zero-order valence-electron chi connectivity index (χ0n) is 11.1. The Hall–Kier alpha value is -0.860. The van der Waals surface area contributed by atoms with Crippen molar-refractivity contribution in [3.8, 4) is 0 Å². The van der Waals surface area contributed by atoms with Gasteiger partial charge >= 0.3 is 0 Å². The zero-order valence-corrected chi connectivity index (χ0v) is 11.1. The highest BCUT2D eigenvalue weighted by Gasteiger charge is 2.43. The van der Waals surface area contributed by atoms with Crippen molar-refractivity contribution in [3.05, 3.63) is 35.9 Å². The summed E-state index contributed by atoms with van der Waals surface area (Å²) in [6.45, 7) is 4.57. The molecule has 1 saturated heterocycles. The van der Waals surface area contributed by atoms with Crippen LogP contribution in [0.5, 0.6) is 0 Å². The maximum absolute atomic E-state index is 5.83. The Labute approximate surface area is 110 Å². The largest absolute Gasteiger partial charge is 0.330 e. The first-order valence-corrected chi connectivity index (χ1v) is 7.26. The predicted octanol–water partition coefficient (Wildman–Crippen LogP) is 2.64. The first-order valence-electron chi connectivity index (χ1n) is 7.26. The third kappa shape index (κ3) is 2.45. The van der Waals surface area contributed by atoms with E-state index in [4.69, 9.17) is 5.73 Å². The number of nitrogens with two attached hydrogens (primary N) is 1. The van der Waals surface area contributed by atoms with Crippen LogP contribution in [-0.4, -0.2) is 24.5 Å². The van der Waals surface area contributed by atoms with E-state index in [9.17, 15) is 0 Å². The lowest BCUT2D eigenvalue weighted by Crippen LogP contribution is -2.25. The van der Waals surface area contributed by atoms with Crippen LogP contribution in [0.25, 0.3) is 0 Å². The molecule has 1 aliphatic heterocycles. The second kappa shape index (κ2) is 5.02. The maximum atomic E-state index is 5.83. The molecule has 1 heterocycles. The van der Waals surface area contributed by atoms with Gasteiger partial charge in [-0.15, -0.1) is 0 Å². The Balaban J connectivity index is 1.59. The summed E-state index contributed by atoms with van der Waals surface area (Å²) in [5, 5.41) is 0. The predicted molar refractivity (Wildman–Crippen MR) is 75.2 cm³/mol. The van der Waals surface area contributed by atoms with Crippen LogP contribution in [0.15, 0.2) is 30.3 Å². The molecule has 1 saturated carbocycles. The summed E-state index contributed by atoms with van der Waals surface area (Å²) in [5.41, 5.74) is 7.89. The summed E-state index contributed by atoms with van der Waals surface area (Å²) < 4.78 is 0. The minimum Gasteiger partial charge on any atom is -0.330 e. The number of nitrogens with zero attached hydrogens (tertiary/aromatic N) is 1. The van der Waals surface area contributed by atoms with Crippen molar-refractivity contribution in [1.29, 1.82) is 0 Å². The molecule has 0 bridgehead atoms. The molecule has 0 unspecified atom stereocenters. The molecule has 1 spiro atoms. The molecule has 2 atom stereocenters. The van der Waals surface area contributed by atoms with E-state index in [2.05, 4.69) is 35.2 Å². The van der Waals surface area contributed by atoms with Gasteiger partial charge in [-0.25, -0.2) is 0 Å². The first-order chi connectivity index (χ1) is 8.80. The van der Waals surface area contributed by atoms with Gasteiger partial charge in [0.1, 0.15) is 0 Å². The van der Waals surface area contributed by atoms with Gasteiger partial charge in [-0.3, -0.25) is 4.90 Å². The molecule has 18 heavy (non-hydrogen) atoms. The summed E-state index contributed by atoms with van der Waals surface area (Å²) in [5.74, 6) is 0.793. The molecule has 0 amide bonds. The molecule has 2 nitrogen and oxygen atoms in total. The van der Waals surface area contributed by atoms with Gasteiger partial charge in [0.25, 0.3) is 0 Å². The lowest BCUT2D eigenvalue weighted by Gasteiger charge is -2.24. The fraction of sp³-hybridized carbons (Fsp3) is 0.625. The molecule has 2 fully saturated rings. The average Bonchev–Trinajstić information content (AvgIpc) is 2.99.